The monoisotopic (exact) mass is 460 g/mol. The average Bonchev–Trinajstić information content (AvgIpc) is 2.72. The first-order valence-corrected chi connectivity index (χ1v) is 11.0. The van der Waals surface area contributed by atoms with Gasteiger partial charge in [-0.3, -0.25) is 4.90 Å². The van der Waals surface area contributed by atoms with Crippen molar-refractivity contribution >= 4 is 32.0 Å². The number of carbonyl (C=O) groups excluding carboxylic acids is 1. The zero-order valence-electron chi connectivity index (χ0n) is 16.7. The van der Waals surface area contributed by atoms with Crippen molar-refractivity contribution in [2.24, 2.45) is 0 Å². The summed E-state index contributed by atoms with van der Waals surface area (Å²) in [6.07, 6.45) is 0. The number of nitrogens with zero attached hydrogens (tertiary/aromatic N) is 5. The van der Waals surface area contributed by atoms with Crippen molar-refractivity contribution in [3.63, 3.8) is 0 Å². The molecule has 2 amide bonds. The Morgan fingerprint density at radius 1 is 0.900 bits per heavy atom. The van der Waals surface area contributed by atoms with Crippen LogP contribution in [0.2, 0.25) is 0 Å². The number of urea groups is 1. The summed E-state index contributed by atoms with van der Waals surface area (Å²) in [4.78, 5) is 23.7. The van der Waals surface area contributed by atoms with Crippen molar-refractivity contribution in [1.29, 1.82) is 0 Å². The number of benzene rings is 1. The van der Waals surface area contributed by atoms with Gasteiger partial charge in [0.15, 0.2) is 0 Å². The van der Waals surface area contributed by atoms with Crippen LogP contribution in [0.25, 0.3) is 0 Å². The molecule has 1 aromatic carbocycles. The fraction of sp³-hybridized carbons (Fsp3) is 0.333. The summed E-state index contributed by atoms with van der Waals surface area (Å²) in [6, 6.07) is 3.41. The molecule has 164 valence electrons. The van der Waals surface area contributed by atoms with E-state index in [-0.39, 0.29) is 18.0 Å². The number of aromatic nitrogens is 3. The third kappa shape index (κ3) is 4.74. The summed E-state index contributed by atoms with van der Waals surface area (Å²) in [6.45, 7) is 0. The second kappa shape index (κ2) is 8.76. The normalized spacial score (nSPS) is 11.8. The molecule has 0 fully saturated rings. The molecule has 0 radical (unpaired) electrons. The third-order valence-electron chi connectivity index (χ3n) is 3.67. The minimum Gasteiger partial charge on any atom is -0.467 e. The fourth-order valence-corrected chi connectivity index (χ4v) is 4.75. The lowest BCUT2D eigenvalue weighted by Crippen LogP contribution is -2.42. The van der Waals surface area contributed by atoms with Gasteiger partial charge in [0, 0.05) is 21.1 Å². The molecular weight excluding hydrogens is 440 g/mol. The zero-order chi connectivity index (χ0) is 22.7. The van der Waals surface area contributed by atoms with Crippen LogP contribution in [0.4, 0.5) is 10.7 Å². The zero-order valence-corrected chi connectivity index (χ0v) is 18.4. The highest BCUT2D eigenvalue weighted by Gasteiger charge is 2.30. The Labute approximate surface area is 173 Å². The Morgan fingerprint density at radius 3 is 1.87 bits per heavy atom. The van der Waals surface area contributed by atoms with Crippen LogP contribution in [0.15, 0.2) is 34.1 Å². The summed E-state index contributed by atoms with van der Waals surface area (Å²) in [5.74, 6) is -0.263. The average molecular weight is 460 g/mol. The van der Waals surface area contributed by atoms with Crippen molar-refractivity contribution in [3.05, 3.63) is 24.3 Å². The van der Waals surface area contributed by atoms with Gasteiger partial charge in [0.05, 0.1) is 14.2 Å². The second-order valence-corrected chi connectivity index (χ2v) is 9.58. The molecule has 1 heterocycles. The van der Waals surface area contributed by atoms with Gasteiger partial charge in [-0.2, -0.15) is 9.97 Å². The lowest BCUT2D eigenvalue weighted by Gasteiger charge is -2.18. The number of nitrogens with one attached hydrogen (secondary N) is 1. The highest BCUT2D eigenvalue weighted by Crippen LogP contribution is 2.23. The van der Waals surface area contributed by atoms with Crippen LogP contribution >= 0.6 is 0 Å². The highest BCUT2D eigenvalue weighted by atomic mass is 32.2. The fourth-order valence-electron chi connectivity index (χ4n) is 2.07. The van der Waals surface area contributed by atoms with Gasteiger partial charge in [-0.1, -0.05) is 12.1 Å². The van der Waals surface area contributed by atoms with Crippen LogP contribution in [-0.4, -0.2) is 77.5 Å². The van der Waals surface area contributed by atoms with Crippen molar-refractivity contribution < 1.29 is 31.1 Å². The largest absolute Gasteiger partial charge is 0.467 e. The van der Waals surface area contributed by atoms with Crippen LogP contribution < -0.4 is 19.1 Å². The maximum absolute atomic E-state index is 12.8. The van der Waals surface area contributed by atoms with Crippen LogP contribution in [0.5, 0.6) is 12.0 Å². The van der Waals surface area contributed by atoms with Crippen molar-refractivity contribution in [2.45, 2.75) is 9.79 Å². The summed E-state index contributed by atoms with van der Waals surface area (Å²) in [7, 11) is -2.39. The lowest BCUT2D eigenvalue weighted by molar-refractivity contribution is 0.251. The van der Waals surface area contributed by atoms with Gasteiger partial charge in [0.2, 0.25) is 16.0 Å². The first-order chi connectivity index (χ1) is 13.9. The predicted molar refractivity (Wildman–Crippen MR) is 104 cm³/mol. The maximum Gasteiger partial charge on any atom is 0.337 e. The molecule has 0 saturated carbocycles. The Hall–Kier alpha value is -3.04. The molecule has 0 unspecified atom stereocenters. The van der Waals surface area contributed by atoms with Crippen LogP contribution in [0.3, 0.4) is 0 Å². The van der Waals surface area contributed by atoms with Crippen LogP contribution in [0.1, 0.15) is 0 Å². The molecule has 15 heteroatoms. The van der Waals surface area contributed by atoms with E-state index in [1.54, 1.807) is 4.72 Å². The molecular formula is C15H20N6O7S2. The molecule has 2 rings (SSSR count). The van der Waals surface area contributed by atoms with Crippen LogP contribution in [-0.2, 0) is 20.0 Å². The molecule has 2 aromatic rings. The summed E-state index contributed by atoms with van der Waals surface area (Å²) in [5, 5.41) is 0. The van der Waals surface area contributed by atoms with Gasteiger partial charge in [-0.15, -0.1) is 4.98 Å². The predicted octanol–water partition coefficient (Wildman–Crippen LogP) is -0.326. The van der Waals surface area contributed by atoms with Gasteiger partial charge < -0.3 is 9.47 Å². The minimum atomic E-state index is -4.57. The lowest BCUT2D eigenvalue weighted by atomic mass is 10.4. The molecule has 0 atom stereocenters. The van der Waals surface area contributed by atoms with E-state index in [0.29, 0.717) is 0 Å². The first kappa shape index (κ1) is 23.2. The molecule has 0 aliphatic heterocycles. The van der Waals surface area contributed by atoms with E-state index in [0.717, 1.165) is 21.3 Å². The molecule has 0 aliphatic carbocycles. The van der Waals surface area contributed by atoms with Gasteiger partial charge in [0.1, 0.15) is 9.79 Å². The number of methoxy groups -OCH3 is 2. The van der Waals surface area contributed by atoms with E-state index in [4.69, 9.17) is 9.47 Å². The minimum absolute atomic E-state index is 0.165. The van der Waals surface area contributed by atoms with E-state index in [1.807, 2.05) is 0 Å². The van der Waals surface area contributed by atoms with E-state index >= 15 is 0 Å². The SMILES string of the molecule is COc1nc(OC)nc(N(C)C(=O)NS(=O)(=O)c2ccccc2S(=O)(=O)N(C)C)n1. The Kier molecular flexibility index (Phi) is 6.79. The van der Waals surface area contributed by atoms with Gasteiger partial charge in [-0.05, 0) is 12.1 Å². The second-order valence-electron chi connectivity index (χ2n) is 5.81. The van der Waals surface area contributed by atoms with Gasteiger partial charge in [0.25, 0.3) is 10.0 Å². The van der Waals surface area contributed by atoms with Gasteiger partial charge in [-0.25, -0.2) is 30.7 Å². The number of amides is 2. The molecule has 1 N–H and O–H groups in total. The molecule has 30 heavy (non-hydrogen) atoms. The number of carbonyl (C=O) groups is 1. The number of hydrogen-bond donors (Lipinski definition) is 1. The molecule has 0 spiro atoms. The molecule has 0 saturated heterocycles. The quantitative estimate of drug-likeness (QED) is 0.579. The Morgan fingerprint density at radius 2 is 1.40 bits per heavy atom. The van der Waals surface area contributed by atoms with Crippen molar-refractivity contribution in [2.75, 3.05) is 40.3 Å². The molecule has 13 nitrogen and oxygen atoms in total. The van der Waals surface area contributed by atoms with E-state index < -0.39 is 35.9 Å². The summed E-state index contributed by atoms with van der Waals surface area (Å²) < 4.78 is 62.9. The molecule has 1 aromatic heterocycles. The van der Waals surface area contributed by atoms with Crippen molar-refractivity contribution in [3.8, 4) is 12.0 Å². The number of rotatable bonds is 7. The number of anilines is 1. The molecule has 0 aliphatic rings. The van der Waals surface area contributed by atoms with Crippen molar-refractivity contribution in [1.82, 2.24) is 24.0 Å². The topological polar surface area (TPSA) is 161 Å². The maximum atomic E-state index is 12.8. The summed E-state index contributed by atoms with van der Waals surface area (Å²) in [5.41, 5.74) is 0. The standard InChI is InChI=1S/C15H20N6O7S2/c1-20(2)30(25,26)11-9-7-6-8-10(11)29(23,24)19-15(22)21(3)12-16-13(27-4)18-14(17-12)28-5/h6-9H,1-5H3,(H,19,22). The number of ether oxygens (including phenoxy) is 2. The van der Waals surface area contributed by atoms with E-state index in [9.17, 15) is 21.6 Å². The van der Waals surface area contributed by atoms with E-state index in [1.165, 1.54) is 47.5 Å². The smallest absolute Gasteiger partial charge is 0.337 e. The van der Waals surface area contributed by atoms with Crippen LogP contribution in [0, 0.1) is 0 Å². The highest BCUT2D eigenvalue weighted by molar-refractivity contribution is 7.92. The Bertz CT molecular complexity index is 1130. The van der Waals surface area contributed by atoms with Gasteiger partial charge >= 0.3 is 18.1 Å². The first-order valence-electron chi connectivity index (χ1n) is 8.10. The Balaban J connectivity index is 2.41. The molecule has 0 bridgehead atoms. The van der Waals surface area contributed by atoms with E-state index in [2.05, 4.69) is 15.0 Å². The summed E-state index contributed by atoms with van der Waals surface area (Å²) >= 11 is 0. The number of sulfonamides is 2. The third-order valence-corrected chi connectivity index (χ3v) is 7.05. The number of hydrogen-bond acceptors (Lipinski definition) is 10.